The maximum Gasteiger partial charge on any atom is 0.238 e. The van der Waals surface area contributed by atoms with E-state index in [9.17, 15) is 18.0 Å². The van der Waals surface area contributed by atoms with Crippen LogP contribution in [0.15, 0.2) is 29.2 Å². The van der Waals surface area contributed by atoms with Gasteiger partial charge in [-0.05, 0) is 37.0 Å². The van der Waals surface area contributed by atoms with Crippen molar-refractivity contribution in [3.8, 4) is 0 Å². The number of hydrogen-bond donors (Lipinski definition) is 1. The Labute approximate surface area is 147 Å². The van der Waals surface area contributed by atoms with E-state index in [1.165, 1.54) is 12.1 Å². The summed E-state index contributed by atoms with van der Waals surface area (Å²) in [6, 6.07) is 6.34. The number of benzene rings is 1. The molecular weight excluding hydrogens is 342 g/mol. The maximum absolute atomic E-state index is 12.4. The van der Waals surface area contributed by atoms with E-state index in [0.717, 1.165) is 31.5 Å². The SMILES string of the molecule is NS(=O)(=O)c1ccc(CCN2CC(C(=O)N3CCCC3)CC2=O)cc1. The van der Waals surface area contributed by atoms with Gasteiger partial charge in [0.25, 0.3) is 0 Å². The summed E-state index contributed by atoms with van der Waals surface area (Å²) in [5.74, 6) is -0.111. The van der Waals surface area contributed by atoms with Crippen LogP contribution in [-0.4, -0.2) is 56.2 Å². The van der Waals surface area contributed by atoms with Gasteiger partial charge in [0, 0.05) is 32.6 Å². The summed E-state index contributed by atoms with van der Waals surface area (Å²) < 4.78 is 22.5. The van der Waals surface area contributed by atoms with Crippen LogP contribution in [0.25, 0.3) is 0 Å². The molecule has 136 valence electrons. The molecule has 0 radical (unpaired) electrons. The maximum atomic E-state index is 12.4. The first-order chi connectivity index (χ1) is 11.8. The first-order valence-electron chi connectivity index (χ1n) is 8.53. The van der Waals surface area contributed by atoms with Crippen LogP contribution < -0.4 is 5.14 Å². The molecule has 1 atom stereocenters. The third kappa shape index (κ3) is 4.19. The van der Waals surface area contributed by atoms with Crippen molar-refractivity contribution in [3.05, 3.63) is 29.8 Å². The average Bonchev–Trinajstić information content (AvgIpc) is 3.22. The first kappa shape index (κ1) is 17.9. The number of hydrogen-bond acceptors (Lipinski definition) is 4. The van der Waals surface area contributed by atoms with E-state index in [-0.39, 0.29) is 22.6 Å². The summed E-state index contributed by atoms with van der Waals surface area (Å²) in [7, 11) is -3.69. The van der Waals surface area contributed by atoms with Gasteiger partial charge in [0.1, 0.15) is 0 Å². The van der Waals surface area contributed by atoms with Crippen molar-refractivity contribution in [2.24, 2.45) is 11.1 Å². The smallest absolute Gasteiger partial charge is 0.238 e. The Balaban J connectivity index is 1.54. The molecule has 2 N–H and O–H groups in total. The Morgan fingerprint density at radius 2 is 1.80 bits per heavy atom. The molecule has 25 heavy (non-hydrogen) atoms. The topological polar surface area (TPSA) is 101 Å². The van der Waals surface area contributed by atoms with Gasteiger partial charge < -0.3 is 9.80 Å². The molecule has 0 saturated carbocycles. The number of nitrogens with two attached hydrogens (primary N) is 1. The Morgan fingerprint density at radius 1 is 1.16 bits per heavy atom. The lowest BCUT2D eigenvalue weighted by Gasteiger charge is -2.20. The Kier molecular flexibility index (Phi) is 5.10. The second-order valence-corrected chi connectivity index (χ2v) is 8.27. The Morgan fingerprint density at radius 3 is 2.40 bits per heavy atom. The van der Waals surface area contributed by atoms with Gasteiger partial charge in [0.15, 0.2) is 0 Å². The molecule has 2 aliphatic heterocycles. The van der Waals surface area contributed by atoms with Crippen LogP contribution in [0.5, 0.6) is 0 Å². The molecule has 1 unspecified atom stereocenters. The second kappa shape index (κ2) is 7.13. The minimum absolute atomic E-state index is 0.0127. The predicted molar refractivity (Wildman–Crippen MR) is 92.0 cm³/mol. The van der Waals surface area contributed by atoms with E-state index in [1.807, 2.05) is 4.90 Å². The highest BCUT2D eigenvalue weighted by Gasteiger charge is 2.36. The fourth-order valence-corrected chi connectivity index (χ4v) is 3.97. The van der Waals surface area contributed by atoms with Crippen molar-refractivity contribution >= 4 is 21.8 Å². The number of carbonyl (C=O) groups excluding carboxylic acids is 2. The molecule has 2 aliphatic rings. The van der Waals surface area contributed by atoms with Crippen LogP contribution in [0, 0.1) is 5.92 Å². The third-order valence-corrected chi connectivity index (χ3v) is 5.83. The fraction of sp³-hybridized carbons (Fsp3) is 0.529. The highest BCUT2D eigenvalue weighted by atomic mass is 32.2. The van der Waals surface area contributed by atoms with E-state index >= 15 is 0 Å². The fourth-order valence-electron chi connectivity index (χ4n) is 3.46. The van der Waals surface area contributed by atoms with E-state index in [2.05, 4.69) is 0 Å². The summed E-state index contributed by atoms with van der Waals surface area (Å²) in [6.45, 7) is 2.61. The monoisotopic (exact) mass is 365 g/mol. The van der Waals surface area contributed by atoms with Crippen LogP contribution in [0.1, 0.15) is 24.8 Å². The van der Waals surface area contributed by atoms with Crippen LogP contribution in [0.3, 0.4) is 0 Å². The van der Waals surface area contributed by atoms with Gasteiger partial charge in [0.2, 0.25) is 21.8 Å². The minimum atomic E-state index is -3.69. The van der Waals surface area contributed by atoms with Crippen molar-refractivity contribution < 1.29 is 18.0 Å². The van der Waals surface area contributed by atoms with Crippen LogP contribution in [-0.2, 0) is 26.0 Å². The average molecular weight is 365 g/mol. The van der Waals surface area contributed by atoms with Gasteiger partial charge in [-0.3, -0.25) is 9.59 Å². The third-order valence-electron chi connectivity index (χ3n) is 4.90. The number of sulfonamides is 1. The molecule has 3 rings (SSSR count). The highest BCUT2D eigenvalue weighted by Crippen LogP contribution is 2.22. The molecule has 0 spiro atoms. The van der Waals surface area contributed by atoms with Crippen LogP contribution in [0.4, 0.5) is 0 Å². The predicted octanol–water partition coefficient (Wildman–Crippen LogP) is 0.347. The number of nitrogens with zero attached hydrogens (tertiary/aromatic N) is 2. The van der Waals surface area contributed by atoms with E-state index in [4.69, 9.17) is 5.14 Å². The largest absolute Gasteiger partial charge is 0.342 e. The molecule has 2 heterocycles. The number of primary sulfonamides is 1. The summed E-state index contributed by atoms with van der Waals surface area (Å²) in [4.78, 5) is 28.3. The summed E-state index contributed by atoms with van der Waals surface area (Å²) >= 11 is 0. The molecular formula is C17H23N3O4S. The van der Waals surface area contributed by atoms with Crippen molar-refractivity contribution in [1.82, 2.24) is 9.80 Å². The quantitative estimate of drug-likeness (QED) is 0.813. The van der Waals surface area contributed by atoms with E-state index < -0.39 is 10.0 Å². The Hall–Kier alpha value is -1.93. The van der Waals surface area contributed by atoms with Crippen molar-refractivity contribution in [2.75, 3.05) is 26.2 Å². The van der Waals surface area contributed by atoms with Crippen molar-refractivity contribution in [2.45, 2.75) is 30.6 Å². The van der Waals surface area contributed by atoms with Crippen LogP contribution >= 0.6 is 0 Å². The van der Waals surface area contributed by atoms with E-state index in [1.54, 1.807) is 17.0 Å². The van der Waals surface area contributed by atoms with E-state index in [0.29, 0.717) is 25.9 Å². The van der Waals surface area contributed by atoms with Gasteiger partial charge in [-0.25, -0.2) is 13.6 Å². The number of carbonyl (C=O) groups is 2. The summed E-state index contributed by atoms with van der Waals surface area (Å²) in [5.41, 5.74) is 0.925. The number of likely N-dealkylation sites (tertiary alicyclic amines) is 2. The van der Waals surface area contributed by atoms with Gasteiger partial charge in [-0.15, -0.1) is 0 Å². The van der Waals surface area contributed by atoms with Crippen molar-refractivity contribution in [3.63, 3.8) is 0 Å². The second-order valence-electron chi connectivity index (χ2n) is 6.71. The lowest BCUT2D eigenvalue weighted by molar-refractivity contribution is -0.134. The molecule has 2 saturated heterocycles. The molecule has 1 aromatic carbocycles. The lowest BCUT2D eigenvalue weighted by atomic mass is 10.1. The molecule has 1 aromatic rings. The summed E-state index contributed by atoms with van der Waals surface area (Å²) in [6.07, 6.45) is 3.00. The normalized spacial score (nSPS) is 21.2. The van der Waals surface area contributed by atoms with Gasteiger partial charge in [-0.1, -0.05) is 12.1 Å². The molecule has 8 heteroatoms. The highest BCUT2D eigenvalue weighted by molar-refractivity contribution is 7.89. The number of rotatable bonds is 5. The van der Waals surface area contributed by atoms with Crippen LogP contribution in [0.2, 0.25) is 0 Å². The molecule has 0 bridgehead atoms. The standard InChI is InChI=1S/C17H23N3O4S/c18-25(23,24)15-5-3-13(4-6-15)7-10-20-12-14(11-16(20)21)17(22)19-8-1-2-9-19/h3-6,14H,1-2,7-12H2,(H2,18,23,24). The first-order valence-corrected chi connectivity index (χ1v) is 10.1. The molecule has 0 aromatic heterocycles. The minimum Gasteiger partial charge on any atom is -0.342 e. The number of amides is 2. The Bertz CT molecular complexity index is 755. The zero-order valence-corrected chi connectivity index (χ0v) is 14.9. The molecule has 2 fully saturated rings. The molecule has 0 aliphatic carbocycles. The molecule has 2 amide bonds. The zero-order chi connectivity index (χ0) is 18.0. The van der Waals surface area contributed by atoms with Gasteiger partial charge in [0.05, 0.1) is 10.8 Å². The van der Waals surface area contributed by atoms with Crippen molar-refractivity contribution in [1.29, 1.82) is 0 Å². The molecule has 7 nitrogen and oxygen atoms in total. The summed E-state index contributed by atoms with van der Waals surface area (Å²) in [5, 5.41) is 5.08. The zero-order valence-electron chi connectivity index (χ0n) is 14.1. The lowest BCUT2D eigenvalue weighted by Crippen LogP contribution is -2.35. The van der Waals surface area contributed by atoms with Gasteiger partial charge >= 0.3 is 0 Å². The van der Waals surface area contributed by atoms with Gasteiger partial charge in [-0.2, -0.15) is 0 Å².